The number of aliphatic hydroxyl groups is 1. The number of unbranched alkanes of at least 4 members (excludes halogenated alkanes) is 29. The molecule has 0 aromatic carbocycles. The van der Waals surface area contributed by atoms with E-state index in [-0.39, 0.29) is 19.1 Å². The maximum Gasteiger partial charge on any atom is 0.268 e. The van der Waals surface area contributed by atoms with Crippen LogP contribution in [-0.4, -0.2) is 68.5 Å². The third-order valence-corrected chi connectivity index (χ3v) is 13.7. The number of amides is 1. The van der Waals surface area contributed by atoms with Crippen molar-refractivity contribution in [3.63, 3.8) is 0 Å². The van der Waals surface area contributed by atoms with E-state index in [0.29, 0.717) is 23.9 Å². The molecule has 2 N–H and O–H groups in total. The van der Waals surface area contributed by atoms with Gasteiger partial charge in [-0.1, -0.05) is 254 Å². The third-order valence-electron chi connectivity index (χ3n) is 12.8. The van der Waals surface area contributed by atoms with Crippen LogP contribution in [0.25, 0.3) is 0 Å². The first kappa shape index (κ1) is 66.2. The molecule has 68 heavy (non-hydrogen) atoms. The van der Waals surface area contributed by atoms with Gasteiger partial charge < -0.3 is 28.8 Å². The molecule has 0 rings (SSSR count). The number of carbonyl (C=O) groups is 1. The van der Waals surface area contributed by atoms with Crippen LogP contribution >= 0.6 is 7.82 Å². The standard InChI is InChI=1S/C59H111N2O6P/c1-6-8-10-12-13-14-15-16-17-18-19-20-21-22-23-24-25-26-27-28-29-30-31-32-33-34-35-36-37-38-39-40-41-42-43-44-45-46-47-49-51-53-59(63)60-57(58(62)52-50-48-11-9-7-2)56-67-68(64,65)66-55-54-61(3,4)5/h8,10,13-14,16-17,19-20,22-23,57-58,62H,6-7,9,11-12,15,18,21,24-56H2,1-5H3,(H-,60,63,64,65)/b10-8-,14-13-,17-16-,20-19-,23-22-. The number of allylic oxidation sites excluding steroid dienone is 10. The van der Waals surface area contributed by atoms with Gasteiger partial charge in [-0.05, 0) is 57.8 Å². The van der Waals surface area contributed by atoms with E-state index in [9.17, 15) is 19.4 Å². The van der Waals surface area contributed by atoms with Crippen LogP contribution in [0.2, 0.25) is 0 Å². The molecule has 0 saturated carbocycles. The molecule has 9 heteroatoms. The molecule has 0 fully saturated rings. The molecule has 398 valence electrons. The molecular weight excluding hydrogens is 864 g/mol. The SMILES string of the molecule is CC/C=C\C/C=C\C/C=C\C/C=C\C/C=C\CCCCCCCCCCCCCCCCCCCCCCCCCCCC(=O)NC(COP(=O)([O-])OCC[N+](C)(C)C)C(O)CCCCCCC. The van der Waals surface area contributed by atoms with Gasteiger partial charge >= 0.3 is 0 Å². The zero-order chi connectivity index (χ0) is 49.9. The van der Waals surface area contributed by atoms with E-state index in [1.165, 1.54) is 148 Å². The molecule has 0 bridgehead atoms. The Morgan fingerprint density at radius 2 is 0.897 bits per heavy atom. The highest BCUT2D eigenvalue weighted by Gasteiger charge is 2.24. The van der Waals surface area contributed by atoms with Crippen LogP contribution in [0, 0.1) is 0 Å². The fourth-order valence-electron chi connectivity index (χ4n) is 8.30. The van der Waals surface area contributed by atoms with Crippen molar-refractivity contribution in [3.05, 3.63) is 60.8 Å². The van der Waals surface area contributed by atoms with E-state index >= 15 is 0 Å². The summed E-state index contributed by atoms with van der Waals surface area (Å²) < 4.78 is 23.1. The average molecular weight is 976 g/mol. The quantitative estimate of drug-likeness (QED) is 0.0272. The number of phosphoric ester groups is 1. The van der Waals surface area contributed by atoms with Gasteiger partial charge in [0.2, 0.25) is 5.91 Å². The summed E-state index contributed by atoms with van der Waals surface area (Å²) in [5.41, 5.74) is 0. The van der Waals surface area contributed by atoms with Gasteiger partial charge in [0.15, 0.2) is 0 Å². The fraction of sp³-hybridized carbons (Fsp3) is 0.814. The van der Waals surface area contributed by atoms with Crippen molar-refractivity contribution in [2.24, 2.45) is 0 Å². The Labute approximate surface area is 422 Å². The Kier molecular flexibility index (Phi) is 48.8. The first-order valence-electron chi connectivity index (χ1n) is 28.6. The lowest BCUT2D eigenvalue weighted by Crippen LogP contribution is -2.46. The Morgan fingerprint density at radius 1 is 0.529 bits per heavy atom. The highest BCUT2D eigenvalue weighted by atomic mass is 31.2. The lowest BCUT2D eigenvalue weighted by atomic mass is 10.0. The summed E-state index contributed by atoms with van der Waals surface area (Å²) in [6, 6.07) is -0.795. The van der Waals surface area contributed by atoms with E-state index in [0.717, 1.165) is 83.5 Å². The second kappa shape index (κ2) is 50.2. The number of hydrogen-bond acceptors (Lipinski definition) is 6. The van der Waals surface area contributed by atoms with E-state index in [4.69, 9.17) is 9.05 Å². The van der Waals surface area contributed by atoms with Crippen molar-refractivity contribution < 1.29 is 32.9 Å². The van der Waals surface area contributed by atoms with Gasteiger partial charge in [0.1, 0.15) is 13.2 Å². The molecule has 0 spiro atoms. The van der Waals surface area contributed by atoms with Gasteiger partial charge in [-0.3, -0.25) is 9.36 Å². The summed E-state index contributed by atoms with van der Waals surface area (Å²) in [4.78, 5) is 25.2. The molecule has 0 aromatic rings. The molecule has 1 amide bonds. The summed E-state index contributed by atoms with van der Waals surface area (Å²) in [7, 11) is 1.31. The molecule has 3 atom stereocenters. The van der Waals surface area contributed by atoms with E-state index < -0.39 is 20.0 Å². The number of carbonyl (C=O) groups excluding carboxylic acids is 1. The van der Waals surface area contributed by atoms with Crippen LogP contribution < -0.4 is 10.2 Å². The van der Waals surface area contributed by atoms with E-state index in [1.54, 1.807) is 0 Å². The van der Waals surface area contributed by atoms with Crippen molar-refractivity contribution in [1.82, 2.24) is 5.32 Å². The monoisotopic (exact) mass is 975 g/mol. The summed E-state index contributed by atoms with van der Waals surface area (Å²) >= 11 is 0. The van der Waals surface area contributed by atoms with Gasteiger partial charge in [0, 0.05) is 6.42 Å². The van der Waals surface area contributed by atoms with Crippen molar-refractivity contribution in [2.75, 3.05) is 40.9 Å². The number of quaternary nitrogens is 1. The average Bonchev–Trinajstić information content (AvgIpc) is 3.30. The molecule has 0 aromatic heterocycles. The highest BCUT2D eigenvalue weighted by Crippen LogP contribution is 2.38. The maximum atomic E-state index is 12.8. The Bertz CT molecular complexity index is 1290. The number of nitrogens with one attached hydrogen (secondary N) is 1. The lowest BCUT2D eigenvalue weighted by molar-refractivity contribution is -0.870. The predicted molar refractivity (Wildman–Crippen MR) is 293 cm³/mol. The smallest absolute Gasteiger partial charge is 0.268 e. The van der Waals surface area contributed by atoms with Gasteiger partial charge in [-0.2, -0.15) is 0 Å². The minimum atomic E-state index is -4.55. The highest BCUT2D eigenvalue weighted by molar-refractivity contribution is 7.45. The number of phosphoric acid groups is 1. The Balaban J connectivity index is 3.67. The number of rotatable bonds is 52. The Morgan fingerprint density at radius 3 is 1.31 bits per heavy atom. The number of hydrogen-bond donors (Lipinski definition) is 2. The van der Waals surface area contributed by atoms with E-state index in [2.05, 4.69) is 79.9 Å². The number of aliphatic hydroxyl groups excluding tert-OH is 1. The second-order valence-corrected chi connectivity index (χ2v) is 22.0. The van der Waals surface area contributed by atoms with Gasteiger partial charge in [0.25, 0.3) is 7.82 Å². The normalized spacial score (nSPS) is 14.4. The number of likely N-dealkylation sites (N-methyl/N-ethyl adjacent to an activating group) is 1. The topological polar surface area (TPSA) is 108 Å². The Hall–Kier alpha value is -1.80. The maximum absolute atomic E-state index is 12.8. The van der Waals surface area contributed by atoms with Crippen LogP contribution in [0.4, 0.5) is 0 Å². The molecular formula is C59H111N2O6P. The molecule has 0 aliphatic heterocycles. The minimum Gasteiger partial charge on any atom is -0.756 e. The molecule has 0 heterocycles. The first-order valence-corrected chi connectivity index (χ1v) is 30.1. The molecule has 0 aliphatic rings. The lowest BCUT2D eigenvalue weighted by Gasteiger charge is -2.30. The van der Waals surface area contributed by atoms with Crippen molar-refractivity contribution in [3.8, 4) is 0 Å². The van der Waals surface area contributed by atoms with Gasteiger partial charge in [-0.25, -0.2) is 0 Å². The largest absolute Gasteiger partial charge is 0.756 e. The van der Waals surface area contributed by atoms with E-state index in [1.807, 2.05) is 21.1 Å². The zero-order valence-corrected chi connectivity index (χ0v) is 46.2. The first-order chi connectivity index (χ1) is 33.0. The van der Waals surface area contributed by atoms with Crippen LogP contribution in [0.3, 0.4) is 0 Å². The molecule has 8 nitrogen and oxygen atoms in total. The van der Waals surface area contributed by atoms with Crippen molar-refractivity contribution >= 4 is 13.7 Å². The van der Waals surface area contributed by atoms with Crippen LogP contribution in [0.1, 0.15) is 258 Å². The minimum absolute atomic E-state index is 0.0121. The zero-order valence-electron chi connectivity index (χ0n) is 45.3. The summed E-state index contributed by atoms with van der Waals surface area (Å²) in [5, 5.41) is 13.7. The fourth-order valence-corrected chi connectivity index (χ4v) is 9.03. The van der Waals surface area contributed by atoms with Crippen molar-refractivity contribution in [2.45, 2.75) is 270 Å². The third kappa shape index (κ3) is 52.0. The van der Waals surface area contributed by atoms with Crippen LogP contribution in [0.5, 0.6) is 0 Å². The van der Waals surface area contributed by atoms with Crippen LogP contribution in [0.15, 0.2) is 60.8 Å². The van der Waals surface area contributed by atoms with Gasteiger partial charge in [-0.15, -0.1) is 0 Å². The molecule has 3 unspecified atom stereocenters. The summed E-state index contributed by atoms with van der Waals surface area (Å²) in [6.45, 7) is 4.52. The molecule has 0 radical (unpaired) electrons. The second-order valence-electron chi connectivity index (χ2n) is 20.6. The van der Waals surface area contributed by atoms with Crippen LogP contribution in [-0.2, 0) is 18.4 Å². The summed E-state index contributed by atoms with van der Waals surface area (Å²) in [6.07, 6.45) is 67.7. The summed E-state index contributed by atoms with van der Waals surface area (Å²) in [5.74, 6) is -0.169. The number of nitrogens with zero attached hydrogens (tertiary/aromatic N) is 1. The van der Waals surface area contributed by atoms with Gasteiger partial charge in [0.05, 0.1) is 39.9 Å². The predicted octanol–water partition coefficient (Wildman–Crippen LogP) is 16.7. The van der Waals surface area contributed by atoms with Crippen molar-refractivity contribution in [1.29, 1.82) is 0 Å². The molecule has 0 saturated heterocycles. The molecule has 0 aliphatic carbocycles.